The molecular formula is C13H15Br2NS2. The summed E-state index contributed by atoms with van der Waals surface area (Å²) in [4.78, 5) is 1.37. The molecule has 2 aromatic rings. The summed E-state index contributed by atoms with van der Waals surface area (Å²) >= 11 is 10.7. The Morgan fingerprint density at radius 3 is 2.56 bits per heavy atom. The first-order valence-corrected chi connectivity index (χ1v) is 9.13. The van der Waals surface area contributed by atoms with Crippen LogP contribution in [0, 0.1) is 6.92 Å². The molecule has 1 atom stereocenters. The molecule has 0 radical (unpaired) electrons. The molecule has 1 N–H and O–H groups in total. The standard InChI is InChI=1S/C13H15Br2NS2/c1-3-4-16-13(9-5-11(14)17-7-9)10-6-12(15)18-8(10)2/h5-7,13,16H,3-4H2,1-2H3. The summed E-state index contributed by atoms with van der Waals surface area (Å²) < 4.78 is 2.39. The summed E-state index contributed by atoms with van der Waals surface area (Å²) in [5.74, 6) is 0. The van der Waals surface area contributed by atoms with Crippen LogP contribution in [0.5, 0.6) is 0 Å². The van der Waals surface area contributed by atoms with Gasteiger partial charge in [0.15, 0.2) is 0 Å². The van der Waals surface area contributed by atoms with E-state index in [4.69, 9.17) is 0 Å². The van der Waals surface area contributed by atoms with Crippen molar-refractivity contribution in [1.29, 1.82) is 0 Å². The van der Waals surface area contributed by atoms with Gasteiger partial charge in [0, 0.05) is 4.88 Å². The number of hydrogen-bond acceptors (Lipinski definition) is 3. The first-order valence-electron chi connectivity index (χ1n) is 5.85. The van der Waals surface area contributed by atoms with E-state index in [1.165, 1.54) is 23.6 Å². The maximum absolute atomic E-state index is 3.64. The zero-order valence-corrected chi connectivity index (χ0v) is 15.1. The van der Waals surface area contributed by atoms with E-state index in [1.54, 1.807) is 22.7 Å². The lowest BCUT2D eigenvalue weighted by molar-refractivity contribution is 0.599. The molecule has 0 amide bonds. The highest BCUT2D eigenvalue weighted by Gasteiger charge is 2.18. The molecule has 0 aliphatic carbocycles. The van der Waals surface area contributed by atoms with Crippen LogP contribution in [0.15, 0.2) is 25.1 Å². The minimum Gasteiger partial charge on any atom is -0.306 e. The third-order valence-electron chi connectivity index (χ3n) is 2.76. The van der Waals surface area contributed by atoms with Gasteiger partial charge in [-0.05, 0) is 80.4 Å². The van der Waals surface area contributed by atoms with Gasteiger partial charge in [-0.15, -0.1) is 22.7 Å². The maximum Gasteiger partial charge on any atom is 0.0704 e. The Balaban J connectivity index is 2.33. The molecule has 0 aliphatic heterocycles. The molecular weight excluding hydrogens is 394 g/mol. The maximum atomic E-state index is 3.64. The number of halogens is 2. The summed E-state index contributed by atoms with van der Waals surface area (Å²) in [5, 5.41) is 5.87. The average Bonchev–Trinajstić information content (AvgIpc) is 2.87. The third-order valence-corrected chi connectivity index (χ3v) is 5.85. The van der Waals surface area contributed by atoms with Gasteiger partial charge >= 0.3 is 0 Å². The smallest absolute Gasteiger partial charge is 0.0704 e. The van der Waals surface area contributed by atoms with Gasteiger partial charge in [-0.1, -0.05) is 6.92 Å². The van der Waals surface area contributed by atoms with Crippen molar-refractivity contribution in [3.63, 3.8) is 0 Å². The molecule has 1 nitrogen and oxygen atoms in total. The van der Waals surface area contributed by atoms with Crippen molar-refractivity contribution in [2.45, 2.75) is 26.3 Å². The molecule has 18 heavy (non-hydrogen) atoms. The van der Waals surface area contributed by atoms with Gasteiger partial charge in [0.25, 0.3) is 0 Å². The molecule has 2 rings (SSSR count). The molecule has 0 aliphatic rings. The molecule has 1 unspecified atom stereocenters. The van der Waals surface area contributed by atoms with Crippen molar-refractivity contribution in [1.82, 2.24) is 5.32 Å². The summed E-state index contributed by atoms with van der Waals surface area (Å²) in [5.41, 5.74) is 2.72. The Labute approximate surface area is 133 Å². The van der Waals surface area contributed by atoms with Crippen LogP contribution in [-0.2, 0) is 0 Å². The van der Waals surface area contributed by atoms with E-state index in [0.29, 0.717) is 6.04 Å². The Kier molecular flexibility index (Phi) is 5.45. The fraction of sp³-hybridized carbons (Fsp3) is 0.385. The van der Waals surface area contributed by atoms with Gasteiger partial charge in [-0.25, -0.2) is 0 Å². The number of aryl methyl sites for hydroxylation is 1. The molecule has 2 heterocycles. The highest BCUT2D eigenvalue weighted by molar-refractivity contribution is 9.11. The van der Waals surface area contributed by atoms with Crippen LogP contribution in [0.3, 0.4) is 0 Å². The Bertz CT molecular complexity index is 519. The third kappa shape index (κ3) is 3.45. The van der Waals surface area contributed by atoms with Gasteiger partial charge in [0.1, 0.15) is 0 Å². The summed E-state index contributed by atoms with van der Waals surface area (Å²) in [6.07, 6.45) is 1.15. The molecule has 98 valence electrons. The van der Waals surface area contributed by atoms with Crippen LogP contribution in [0.2, 0.25) is 0 Å². The van der Waals surface area contributed by atoms with Gasteiger partial charge in [0.05, 0.1) is 13.6 Å². The molecule has 0 saturated heterocycles. The van der Waals surface area contributed by atoms with Crippen molar-refractivity contribution in [2.75, 3.05) is 6.54 Å². The van der Waals surface area contributed by atoms with E-state index in [9.17, 15) is 0 Å². The second-order valence-electron chi connectivity index (χ2n) is 4.13. The van der Waals surface area contributed by atoms with E-state index in [1.807, 2.05) is 0 Å². The zero-order chi connectivity index (χ0) is 13.1. The van der Waals surface area contributed by atoms with Crippen LogP contribution < -0.4 is 5.32 Å². The van der Waals surface area contributed by atoms with Crippen molar-refractivity contribution >= 4 is 54.5 Å². The van der Waals surface area contributed by atoms with Crippen LogP contribution in [0.1, 0.15) is 35.4 Å². The van der Waals surface area contributed by atoms with Gasteiger partial charge < -0.3 is 5.32 Å². The Hall–Kier alpha value is 0.320. The number of thiophene rings is 2. The van der Waals surface area contributed by atoms with Gasteiger partial charge in [-0.3, -0.25) is 0 Å². The van der Waals surface area contributed by atoms with Crippen LogP contribution >= 0.6 is 54.5 Å². The first-order chi connectivity index (χ1) is 8.61. The van der Waals surface area contributed by atoms with Crippen molar-refractivity contribution in [2.24, 2.45) is 0 Å². The number of nitrogens with one attached hydrogen (secondary N) is 1. The zero-order valence-electron chi connectivity index (χ0n) is 10.3. The average molecular weight is 409 g/mol. The molecule has 0 spiro atoms. The topological polar surface area (TPSA) is 12.0 Å². The van der Waals surface area contributed by atoms with E-state index < -0.39 is 0 Å². The summed E-state index contributed by atoms with van der Waals surface area (Å²) in [7, 11) is 0. The van der Waals surface area contributed by atoms with E-state index in [2.05, 4.69) is 68.5 Å². The Morgan fingerprint density at radius 2 is 2.06 bits per heavy atom. The summed E-state index contributed by atoms with van der Waals surface area (Å²) in [6, 6.07) is 4.75. The van der Waals surface area contributed by atoms with Crippen LogP contribution in [0.4, 0.5) is 0 Å². The van der Waals surface area contributed by atoms with Crippen molar-refractivity contribution in [3.05, 3.63) is 41.1 Å². The lowest BCUT2D eigenvalue weighted by Gasteiger charge is -2.17. The largest absolute Gasteiger partial charge is 0.306 e. The fourth-order valence-electron chi connectivity index (χ4n) is 1.92. The highest BCUT2D eigenvalue weighted by atomic mass is 79.9. The van der Waals surface area contributed by atoms with E-state index in [0.717, 1.165) is 13.0 Å². The van der Waals surface area contributed by atoms with Crippen molar-refractivity contribution < 1.29 is 0 Å². The number of rotatable bonds is 5. The first kappa shape index (κ1) is 14.7. The second kappa shape index (κ2) is 6.66. The predicted molar refractivity (Wildman–Crippen MR) is 88.9 cm³/mol. The molecule has 0 saturated carbocycles. The highest BCUT2D eigenvalue weighted by Crippen LogP contribution is 2.36. The van der Waals surface area contributed by atoms with E-state index in [-0.39, 0.29) is 0 Å². The Morgan fingerprint density at radius 1 is 1.28 bits per heavy atom. The van der Waals surface area contributed by atoms with Crippen LogP contribution in [-0.4, -0.2) is 6.54 Å². The minimum absolute atomic E-state index is 0.301. The minimum atomic E-state index is 0.301. The van der Waals surface area contributed by atoms with Gasteiger partial charge in [0.2, 0.25) is 0 Å². The van der Waals surface area contributed by atoms with Crippen LogP contribution in [0.25, 0.3) is 0 Å². The quantitative estimate of drug-likeness (QED) is 0.665. The SMILES string of the molecule is CCCNC(c1csc(Br)c1)c1cc(Br)sc1C. The van der Waals surface area contributed by atoms with E-state index >= 15 is 0 Å². The lowest BCUT2D eigenvalue weighted by Crippen LogP contribution is -2.22. The van der Waals surface area contributed by atoms with Gasteiger partial charge in [-0.2, -0.15) is 0 Å². The predicted octanol–water partition coefficient (Wildman–Crippen LogP) is 5.73. The molecule has 0 aromatic carbocycles. The monoisotopic (exact) mass is 407 g/mol. The summed E-state index contributed by atoms with van der Waals surface area (Å²) in [6.45, 7) is 5.42. The fourth-order valence-corrected chi connectivity index (χ4v) is 4.87. The molecule has 5 heteroatoms. The molecule has 0 fully saturated rings. The molecule has 2 aromatic heterocycles. The lowest BCUT2D eigenvalue weighted by atomic mass is 10.0. The van der Waals surface area contributed by atoms with Crippen molar-refractivity contribution in [3.8, 4) is 0 Å². The number of hydrogen-bond donors (Lipinski definition) is 1. The molecule has 0 bridgehead atoms. The second-order valence-corrected chi connectivity index (χ2v) is 9.06. The normalized spacial score (nSPS) is 12.9.